The predicted octanol–water partition coefficient (Wildman–Crippen LogP) is 4.68. The first-order chi connectivity index (χ1) is 16.6. The lowest BCUT2D eigenvalue weighted by Gasteiger charge is -2.37. The molecule has 1 saturated carbocycles. The van der Waals surface area contributed by atoms with E-state index < -0.39 is 35.6 Å². The summed E-state index contributed by atoms with van der Waals surface area (Å²) in [4.78, 5) is 31.1. The molecule has 1 fully saturated rings. The Labute approximate surface area is 205 Å². The Morgan fingerprint density at radius 3 is 2.60 bits per heavy atom. The molecule has 4 rings (SSSR count). The summed E-state index contributed by atoms with van der Waals surface area (Å²) in [5, 5.41) is 4.50. The Morgan fingerprint density at radius 1 is 1.26 bits per heavy atom. The Balaban J connectivity index is 1.80. The van der Waals surface area contributed by atoms with Crippen LogP contribution in [0.3, 0.4) is 0 Å². The van der Waals surface area contributed by atoms with Gasteiger partial charge in [-0.25, -0.2) is 9.79 Å². The number of aliphatic imine (C=N–C) groups is 1. The van der Waals surface area contributed by atoms with Crippen LogP contribution in [0.25, 0.3) is 0 Å². The molecule has 1 amide bonds. The molecule has 1 aliphatic carbocycles. The van der Waals surface area contributed by atoms with E-state index in [-0.39, 0.29) is 17.5 Å². The van der Waals surface area contributed by atoms with Gasteiger partial charge < -0.3 is 19.7 Å². The topological polar surface area (TPSA) is 80.2 Å². The molecular weight excluding hydrogens is 483 g/mol. The lowest BCUT2D eigenvalue weighted by Crippen LogP contribution is -2.40. The van der Waals surface area contributed by atoms with Crippen LogP contribution < -0.4 is 10.1 Å². The fourth-order valence-corrected chi connectivity index (χ4v) is 4.87. The quantitative estimate of drug-likeness (QED) is 0.513. The average molecular weight is 510 g/mol. The number of hydrogen-bond acceptors (Lipinski definition) is 7. The lowest BCUT2D eigenvalue weighted by atomic mass is 9.92. The summed E-state index contributed by atoms with van der Waals surface area (Å²) >= 11 is 0.979. The molecule has 35 heavy (non-hydrogen) atoms. The van der Waals surface area contributed by atoms with Crippen LogP contribution >= 0.6 is 11.8 Å². The number of carbonyl (C=O) groups is 2. The zero-order chi connectivity index (χ0) is 25.3. The van der Waals surface area contributed by atoms with Crippen molar-refractivity contribution in [1.82, 2.24) is 10.2 Å². The summed E-state index contributed by atoms with van der Waals surface area (Å²) in [7, 11) is 1.40. The molecule has 1 aromatic rings. The van der Waals surface area contributed by atoms with Crippen LogP contribution in [-0.4, -0.2) is 47.9 Å². The molecule has 0 radical (unpaired) electrons. The van der Waals surface area contributed by atoms with Crippen molar-refractivity contribution in [2.45, 2.75) is 51.4 Å². The summed E-state index contributed by atoms with van der Waals surface area (Å²) in [6, 6.07) is 5.28. The molecular formula is C24H26F3N3O4S. The fraction of sp³-hybridized carbons (Fsp3) is 0.458. The number of hydrogen-bond donors (Lipinski definition) is 1. The molecule has 2 heterocycles. The first-order valence-corrected chi connectivity index (χ1v) is 12.1. The molecule has 3 aliphatic rings. The molecule has 1 N–H and O–H groups in total. The number of thioether (sulfide) groups is 1. The third kappa shape index (κ3) is 5.50. The van der Waals surface area contributed by atoms with Gasteiger partial charge in [0.15, 0.2) is 10.9 Å². The second-order valence-electron chi connectivity index (χ2n) is 8.77. The molecule has 0 bridgehead atoms. The van der Waals surface area contributed by atoms with Crippen LogP contribution in [0.15, 0.2) is 51.6 Å². The summed E-state index contributed by atoms with van der Waals surface area (Å²) in [5.74, 6) is -0.597. The smallest absolute Gasteiger partial charge is 0.434 e. The molecule has 7 nitrogen and oxygen atoms in total. The minimum Gasteiger partial charge on any atom is -0.496 e. The number of fused-ring (bicyclic) bond motifs is 1. The first kappa shape index (κ1) is 25.2. The van der Waals surface area contributed by atoms with Crippen molar-refractivity contribution in [3.05, 3.63) is 52.2 Å². The fourth-order valence-electron chi connectivity index (χ4n) is 3.95. The van der Waals surface area contributed by atoms with Crippen molar-refractivity contribution in [2.75, 3.05) is 13.7 Å². The third-order valence-electron chi connectivity index (χ3n) is 5.70. The maximum Gasteiger partial charge on any atom is 0.434 e. The molecule has 0 spiro atoms. The number of esters is 1. The summed E-state index contributed by atoms with van der Waals surface area (Å²) in [5.41, 5.74) is -1.20. The number of methoxy groups -OCH3 is 1. The minimum atomic E-state index is -4.91. The van der Waals surface area contributed by atoms with Gasteiger partial charge in [-0.2, -0.15) is 13.2 Å². The van der Waals surface area contributed by atoms with E-state index in [1.54, 1.807) is 43.5 Å². The molecule has 0 aromatic heterocycles. The maximum atomic E-state index is 14.2. The van der Waals surface area contributed by atoms with Gasteiger partial charge in [-0.15, -0.1) is 0 Å². The number of amidine groups is 1. The molecule has 0 saturated heterocycles. The van der Waals surface area contributed by atoms with Crippen molar-refractivity contribution in [3.8, 4) is 5.75 Å². The largest absolute Gasteiger partial charge is 0.496 e. The highest BCUT2D eigenvalue weighted by atomic mass is 32.2. The Morgan fingerprint density at radius 2 is 1.97 bits per heavy atom. The van der Waals surface area contributed by atoms with Crippen LogP contribution in [0.1, 0.15) is 44.7 Å². The Bertz CT molecular complexity index is 1110. The number of allylic oxidation sites excluding steroid dienone is 1. The van der Waals surface area contributed by atoms with Gasteiger partial charge in [-0.05, 0) is 44.1 Å². The normalized spacial score (nSPS) is 19.9. The number of halogens is 3. The number of para-hydroxylation sites is 1. The van der Waals surface area contributed by atoms with Gasteiger partial charge in [0.1, 0.15) is 5.75 Å². The molecule has 2 aliphatic heterocycles. The number of ether oxygens (including phenoxy) is 2. The summed E-state index contributed by atoms with van der Waals surface area (Å²) < 4.78 is 53.3. The average Bonchev–Trinajstić information content (AvgIpc) is 3.55. The highest BCUT2D eigenvalue weighted by Gasteiger charge is 2.50. The van der Waals surface area contributed by atoms with E-state index in [1.165, 1.54) is 12.0 Å². The number of amides is 1. The van der Waals surface area contributed by atoms with E-state index in [4.69, 9.17) is 9.47 Å². The van der Waals surface area contributed by atoms with Gasteiger partial charge in [-0.1, -0.05) is 30.0 Å². The van der Waals surface area contributed by atoms with Gasteiger partial charge in [0, 0.05) is 17.8 Å². The molecule has 1 aromatic carbocycles. The number of benzene rings is 1. The molecule has 188 valence electrons. The van der Waals surface area contributed by atoms with Crippen molar-refractivity contribution >= 4 is 28.8 Å². The highest BCUT2D eigenvalue weighted by molar-refractivity contribution is 8.16. The number of alkyl halides is 3. The zero-order valence-electron chi connectivity index (χ0n) is 19.5. The monoisotopic (exact) mass is 509 g/mol. The number of nitrogens with one attached hydrogen (secondary N) is 1. The van der Waals surface area contributed by atoms with Gasteiger partial charge in [-0.3, -0.25) is 4.79 Å². The molecule has 11 heteroatoms. The number of rotatable bonds is 8. The zero-order valence-corrected chi connectivity index (χ0v) is 20.3. The summed E-state index contributed by atoms with van der Waals surface area (Å²) in [6.07, 6.45) is -3.48. The van der Waals surface area contributed by atoms with E-state index in [0.29, 0.717) is 29.5 Å². The van der Waals surface area contributed by atoms with Gasteiger partial charge >= 0.3 is 12.1 Å². The highest BCUT2D eigenvalue weighted by Crippen LogP contribution is 2.49. The van der Waals surface area contributed by atoms with Crippen molar-refractivity contribution in [3.63, 3.8) is 0 Å². The van der Waals surface area contributed by atoms with E-state index in [2.05, 4.69) is 10.3 Å². The predicted molar refractivity (Wildman–Crippen MR) is 125 cm³/mol. The maximum absolute atomic E-state index is 14.2. The summed E-state index contributed by atoms with van der Waals surface area (Å²) in [6.45, 7) is 3.69. The second-order valence-corrected chi connectivity index (χ2v) is 9.61. The SMILES string of the molecule is COc1ccccc1C1C(C(=O)OC(C)C)=C(C(F)(F)F)N=C2SC=C(CC(=O)NCC3CC3)N21. The Kier molecular flexibility index (Phi) is 7.16. The van der Waals surface area contributed by atoms with Crippen molar-refractivity contribution in [1.29, 1.82) is 0 Å². The van der Waals surface area contributed by atoms with Crippen molar-refractivity contribution < 1.29 is 32.2 Å². The van der Waals surface area contributed by atoms with Crippen LogP contribution in [0.4, 0.5) is 13.2 Å². The molecule has 1 atom stereocenters. The standard InChI is InChI=1S/C24H26F3N3O4S/c1-13(2)34-22(32)19-20(16-6-4-5-7-17(16)33-3)30-15(10-18(31)28-11-14-8-9-14)12-35-23(30)29-21(19)24(25,26)27/h4-7,12-14,20H,8-11H2,1-3H3,(H,28,31). The third-order valence-corrected chi connectivity index (χ3v) is 6.59. The van der Waals surface area contributed by atoms with E-state index in [1.807, 2.05) is 0 Å². The van der Waals surface area contributed by atoms with Crippen LogP contribution in [0.5, 0.6) is 5.75 Å². The van der Waals surface area contributed by atoms with E-state index >= 15 is 0 Å². The molecule has 1 unspecified atom stereocenters. The van der Waals surface area contributed by atoms with E-state index in [0.717, 1.165) is 24.6 Å². The van der Waals surface area contributed by atoms with Gasteiger partial charge in [0.05, 0.1) is 31.2 Å². The van der Waals surface area contributed by atoms with Crippen LogP contribution in [-0.2, 0) is 14.3 Å². The first-order valence-electron chi connectivity index (χ1n) is 11.3. The minimum absolute atomic E-state index is 0.0271. The number of nitrogens with zero attached hydrogens (tertiary/aromatic N) is 2. The van der Waals surface area contributed by atoms with Crippen molar-refractivity contribution in [2.24, 2.45) is 10.9 Å². The second kappa shape index (κ2) is 9.96. The Hall–Kier alpha value is -2.95. The van der Waals surface area contributed by atoms with Crippen LogP contribution in [0.2, 0.25) is 0 Å². The van der Waals surface area contributed by atoms with E-state index in [9.17, 15) is 22.8 Å². The van der Waals surface area contributed by atoms with Gasteiger partial charge in [0.25, 0.3) is 0 Å². The number of carbonyl (C=O) groups excluding carboxylic acids is 2. The lowest BCUT2D eigenvalue weighted by molar-refractivity contribution is -0.145. The van der Waals surface area contributed by atoms with Crippen LogP contribution in [0, 0.1) is 5.92 Å². The van der Waals surface area contributed by atoms with Gasteiger partial charge in [0.2, 0.25) is 5.91 Å².